The van der Waals surface area contributed by atoms with E-state index in [1.165, 1.54) is 28.4 Å². The number of fused-ring (bicyclic) bond motifs is 1. The van der Waals surface area contributed by atoms with Crippen molar-refractivity contribution in [3.63, 3.8) is 0 Å². The number of hydrogen-bond acceptors (Lipinski definition) is 6. The summed E-state index contributed by atoms with van der Waals surface area (Å²) in [4.78, 5) is 39.3. The van der Waals surface area contributed by atoms with Gasteiger partial charge in [0.25, 0.3) is 17.4 Å². The molecular formula is C12H7N3O4S. The molecule has 0 fully saturated rings. The Hall–Kier alpha value is -2.61. The van der Waals surface area contributed by atoms with E-state index in [-0.39, 0.29) is 17.8 Å². The monoisotopic (exact) mass is 289 g/mol. The number of nitrogens with zero attached hydrogens (tertiary/aromatic N) is 3. The van der Waals surface area contributed by atoms with Gasteiger partial charge in [0.2, 0.25) is 0 Å². The van der Waals surface area contributed by atoms with Crippen molar-refractivity contribution in [3.8, 4) is 0 Å². The number of non-ortho nitro benzene ring substituents is 1. The number of rotatable bonds is 3. The van der Waals surface area contributed by atoms with Gasteiger partial charge in [-0.15, -0.1) is 11.3 Å². The van der Waals surface area contributed by atoms with E-state index in [0.717, 1.165) is 6.07 Å². The highest BCUT2D eigenvalue weighted by Crippen LogP contribution is 2.33. The largest absolute Gasteiger partial charge is 0.299 e. The number of ketones is 1. The van der Waals surface area contributed by atoms with Gasteiger partial charge in [-0.3, -0.25) is 24.6 Å². The molecule has 1 amide bonds. The van der Waals surface area contributed by atoms with Crippen molar-refractivity contribution >= 4 is 34.4 Å². The molecule has 0 spiro atoms. The van der Waals surface area contributed by atoms with Crippen LogP contribution in [0.3, 0.4) is 0 Å². The fourth-order valence-corrected chi connectivity index (χ4v) is 2.63. The summed E-state index contributed by atoms with van der Waals surface area (Å²) in [5.41, 5.74) is 0.252. The van der Waals surface area contributed by atoms with Crippen LogP contribution in [0.25, 0.3) is 0 Å². The average Bonchev–Trinajstić information content (AvgIpc) is 3.02. The maximum absolute atomic E-state index is 12.0. The molecule has 2 aromatic rings. The number of anilines is 1. The average molecular weight is 289 g/mol. The minimum atomic E-state index is -0.722. The highest BCUT2D eigenvalue weighted by Gasteiger charge is 2.37. The Morgan fingerprint density at radius 2 is 2.15 bits per heavy atom. The van der Waals surface area contributed by atoms with Crippen molar-refractivity contribution in [3.05, 3.63) is 50.5 Å². The summed E-state index contributed by atoms with van der Waals surface area (Å²) < 4.78 is 0. The normalized spacial score (nSPS) is 13.7. The predicted octanol–water partition coefficient (Wildman–Crippen LogP) is 1.78. The molecule has 0 atom stereocenters. The lowest BCUT2D eigenvalue weighted by Crippen LogP contribution is -2.29. The van der Waals surface area contributed by atoms with Crippen molar-refractivity contribution in [2.45, 2.75) is 6.54 Å². The molecule has 7 nitrogen and oxygen atoms in total. The Morgan fingerprint density at radius 3 is 2.80 bits per heavy atom. The molecule has 2 heterocycles. The zero-order valence-corrected chi connectivity index (χ0v) is 10.8. The molecule has 1 aromatic heterocycles. The van der Waals surface area contributed by atoms with Gasteiger partial charge in [-0.05, 0) is 6.07 Å². The first kappa shape index (κ1) is 12.4. The number of thiazole rings is 1. The van der Waals surface area contributed by atoms with Gasteiger partial charge in [0, 0.05) is 23.7 Å². The molecule has 0 saturated heterocycles. The first-order valence-corrected chi connectivity index (χ1v) is 6.49. The number of nitro benzene ring substituents is 1. The number of amides is 1. The second-order valence-corrected chi connectivity index (χ2v) is 5.08. The van der Waals surface area contributed by atoms with Gasteiger partial charge >= 0.3 is 0 Å². The fourth-order valence-electron chi connectivity index (χ4n) is 2.03. The number of nitro groups is 1. The van der Waals surface area contributed by atoms with Crippen LogP contribution in [0.4, 0.5) is 11.4 Å². The van der Waals surface area contributed by atoms with Crippen LogP contribution < -0.4 is 4.90 Å². The Balaban J connectivity index is 2.02. The minimum Gasteiger partial charge on any atom is -0.298 e. The van der Waals surface area contributed by atoms with Gasteiger partial charge in [-0.1, -0.05) is 0 Å². The maximum atomic E-state index is 12.0. The SMILES string of the molecule is O=C1C(=O)N(Cc2nccs2)c2ccc([N+](=O)[O-])cc21. The summed E-state index contributed by atoms with van der Waals surface area (Å²) in [7, 11) is 0. The second-order valence-electron chi connectivity index (χ2n) is 4.10. The van der Waals surface area contributed by atoms with Crippen LogP contribution in [0, 0.1) is 10.1 Å². The van der Waals surface area contributed by atoms with Gasteiger partial charge in [0.15, 0.2) is 0 Å². The lowest BCUT2D eigenvalue weighted by molar-refractivity contribution is -0.384. The van der Waals surface area contributed by atoms with Crippen molar-refractivity contribution in [1.82, 2.24) is 4.98 Å². The number of benzene rings is 1. The summed E-state index contributed by atoms with van der Waals surface area (Å²) in [6, 6.07) is 3.83. The number of carbonyl (C=O) groups excluding carboxylic acids is 2. The van der Waals surface area contributed by atoms with Crippen molar-refractivity contribution in [1.29, 1.82) is 0 Å². The molecule has 100 valence electrons. The third kappa shape index (κ3) is 1.86. The predicted molar refractivity (Wildman–Crippen MR) is 70.7 cm³/mol. The lowest BCUT2D eigenvalue weighted by Gasteiger charge is -2.14. The molecule has 0 radical (unpaired) electrons. The molecule has 8 heteroatoms. The molecular weight excluding hydrogens is 282 g/mol. The molecule has 1 aliphatic heterocycles. The fraction of sp³-hybridized carbons (Fsp3) is 0.0833. The van der Waals surface area contributed by atoms with Crippen molar-refractivity contribution in [2.24, 2.45) is 0 Å². The zero-order valence-electron chi connectivity index (χ0n) is 9.98. The molecule has 1 aromatic carbocycles. The zero-order chi connectivity index (χ0) is 14.3. The van der Waals surface area contributed by atoms with Gasteiger partial charge in [0.1, 0.15) is 5.01 Å². The molecule has 0 N–H and O–H groups in total. The summed E-state index contributed by atoms with van der Waals surface area (Å²) >= 11 is 1.37. The van der Waals surface area contributed by atoms with E-state index in [2.05, 4.69) is 4.98 Å². The number of aromatic nitrogens is 1. The van der Waals surface area contributed by atoms with Gasteiger partial charge in [-0.25, -0.2) is 4.98 Å². The molecule has 0 bridgehead atoms. The van der Waals surface area contributed by atoms with Crippen LogP contribution in [-0.4, -0.2) is 21.6 Å². The Bertz CT molecular complexity index is 726. The number of Topliss-reactive ketones (excluding diaryl/α,β-unsaturated/α-hetero) is 1. The summed E-state index contributed by atoms with van der Waals surface area (Å²) in [6.45, 7) is 0.188. The first-order valence-electron chi connectivity index (χ1n) is 5.61. The molecule has 20 heavy (non-hydrogen) atoms. The maximum Gasteiger partial charge on any atom is 0.299 e. The molecule has 0 unspecified atom stereocenters. The summed E-state index contributed by atoms with van der Waals surface area (Å²) in [6.07, 6.45) is 1.61. The number of hydrogen-bond donors (Lipinski definition) is 0. The van der Waals surface area contributed by atoms with Crippen LogP contribution in [0.1, 0.15) is 15.4 Å². The van der Waals surface area contributed by atoms with Gasteiger partial charge in [0.05, 0.1) is 22.7 Å². The van der Waals surface area contributed by atoms with Crippen LogP contribution >= 0.6 is 11.3 Å². The number of carbonyl (C=O) groups is 2. The van der Waals surface area contributed by atoms with E-state index >= 15 is 0 Å². The van der Waals surface area contributed by atoms with Crippen molar-refractivity contribution in [2.75, 3.05) is 4.90 Å². The first-order chi connectivity index (χ1) is 9.58. The van der Waals surface area contributed by atoms with Crippen molar-refractivity contribution < 1.29 is 14.5 Å². The quantitative estimate of drug-likeness (QED) is 0.487. The van der Waals surface area contributed by atoms with E-state index in [1.807, 2.05) is 0 Å². The minimum absolute atomic E-state index is 0.0701. The van der Waals surface area contributed by atoms with E-state index in [1.54, 1.807) is 11.6 Å². The van der Waals surface area contributed by atoms with Gasteiger partial charge < -0.3 is 0 Å². The van der Waals surface area contributed by atoms with E-state index in [9.17, 15) is 19.7 Å². The lowest BCUT2D eigenvalue weighted by atomic mass is 10.1. The van der Waals surface area contributed by atoms with E-state index < -0.39 is 16.6 Å². The van der Waals surface area contributed by atoms with Crippen LogP contribution in [0.2, 0.25) is 0 Å². The Kier molecular flexibility index (Phi) is 2.79. The smallest absolute Gasteiger partial charge is 0.298 e. The topological polar surface area (TPSA) is 93.4 Å². The highest BCUT2D eigenvalue weighted by molar-refractivity contribution is 7.09. The molecule has 0 aliphatic carbocycles. The molecule has 0 saturated carbocycles. The van der Waals surface area contributed by atoms with Crippen LogP contribution in [-0.2, 0) is 11.3 Å². The standard InChI is InChI=1S/C12H7N3O4S/c16-11-8-5-7(15(18)19)1-2-9(8)14(12(11)17)6-10-13-3-4-20-10/h1-5H,6H2. The third-order valence-electron chi connectivity index (χ3n) is 2.94. The Labute approximate surface area is 116 Å². The highest BCUT2D eigenvalue weighted by atomic mass is 32.1. The summed E-state index contributed by atoms with van der Waals surface area (Å²) in [5.74, 6) is -1.41. The van der Waals surface area contributed by atoms with E-state index in [0.29, 0.717) is 10.7 Å². The van der Waals surface area contributed by atoms with Crippen LogP contribution in [0.5, 0.6) is 0 Å². The molecule has 1 aliphatic rings. The molecule has 3 rings (SSSR count). The second kappa shape index (κ2) is 4.49. The van der Waals surface area contributed by atoms with Crippen LogP contribution in [0.15, 0.2) is 29.8 Å². The van der Waals surface area contributed by atoms with E-state index in [4.69, 9.17) is 0 Å². The Morgan fingerprint density at radius 1 is 1.35 bits per heavy atom. The summed E-state index contributed by atoms with van der Waals surface area (Å²) in [5, 5.41) is 13.2. The van der Waals surface area contributed by atoms with Gasteiger partial charge in [-0.2, -0.15) is 0 Å². The third-order valence-corrected chi connectivity index (χ3v) is 3.71.